The van der Waals surface area contributed by atoms with Crippen molar-refractivity contribution in [2.45, 2.75) is 6.54 Å². The number of nitrogens with one attached hydrogen (secondary N) is 3. The van der Waals surface area contributed by atoms with E-state index >= 15 is 0 Å². The molecule has 0 bridgehead atoms. The van der Waals surface area contributed by atoms with Gasteiger partial charge in [0.1, 0.15) is 5.82 Å². The Labute approximate surface area is 181 Å². The van der Waals surface area contributed by atoms with Crippen LogP contribution < -0.4 is 10.2 Å². The minimum absolute atomic E-state index is 0.645. The monoisotopic (exact) mass is 413 g/mol. The Morgan fingerprint density at radius 2 is 1.90 bits per heavy atom. The molecule has 1 aliphatic rings. The molecule has 0 amide bonds. The first-order chi connectivity index (χ1) is 15.3. The Kier molecular flexibility index (Phi) is 5.41. The number of hydrogen-bond donors (Lipinski definition) is 3. The second-order valence-corrected chi connectivity index (χ2v) is 7.95. The zero-order chi connectivity index (χ0) is 21.0. The first kappa shape index (κ1) is 19.4. The molecule has 0 unspecified atom stereocenters. The lowest BCUT2D eigenvalue weighted by Gasteiger charge is -2.35. The van der Waals surface area contributed by atoms with Crippen LogP contribution in [0.15, 0.2) is 54.9 Å². The molecule has 0 atom stereocenters. The van der Waals surface area contributed by atoms with E-state index < -0.39 is 0 Å². The number of hydrogen-bond acceptors (Lipinski definition) is 5. The number of piperazine rings is 1. The lowest BCUT2D eigenvalue weighted by atomic mass is 10.1. The van der Waals surface area contributed by atoms with Gasteiger partial charge in [0, 0.05) is 44.0 Å². The first-order valence-electron chi connectivity index (χ1n) is 10.7. The van der Waals surface area contributed by atoms with Crippen LogP contribution in [0.1, 0.15) is 17.1 Å². The molecule has 0 radical (unpaired) electrons. The highest BCUT2D eigenvalue weighted by molar-refractivity contribution is 5.96. The van der Waals surface area contributed by atoms with Gasteiger partial charge in [0.05, 0.1) is 29.1 Å². The molecular formula is C24H27N7. The number of aromatic nitrogens is 4. The lowest BCUT2D eigenvalue weighted by Crippen LogP contribution is -2.44. The summed E-state index contributed by atoms with van der Waals surface area (Å²) in [6.07, 6.45) is 7.80. The van der Waals surface area contributed by atoms with E-state index in [1.165, 1.54) is 5.69 Å². The van der Waals surface area contributed by atoms with Crippen molar-refractivity contribution < 1.29 is 0 Å². The predicted octanol–water partition coefficient (Wildman–Crippen LogP) is 3.82. The molecule has 31 heavy (non-hydrogen) atoms. The van der Waals surface area contributed by atoms with Gasteiger partial charge in [0.15, 0.2) is 0 Å². The van der Waals surface area contributed by atoms with E-state index in [-0.39, 0.29) is 0 Å². The normalized spacial score (nSPS) is 15.2. The van der Waals surface area contributed by atoms with E-state index in [9.17, 15) is 0 Å². The van der Waals surface area contributed by atoms with Crippen LogP contribution in [0.3, 0.4) is 0 Å². The number of likely N-dealkylation sites (N-methyl/N-ethyl adjacent to an activating group) is 1. The minimum Gasteiger partial charge on any atom is -0.376 e. The second-order valence-electron chi connectivity index (χ2n) is 7.95. The summed E-state index contributed by atoms with van der Waals surface area (Å²) in [6, 6.07) is 14.7. The average molecular weight is 414 g/mol. The Hall–Kier alpha value is -3.58. The number of nitrogens with zero attached hydrogens (tertiary/aromatic N) is 4. The molecule has 0 spiro atoms. The highest BCUT2D eigenvalue weighted by Crippen LogP contribution is 2.33. The van der Waals surface area contributed by atoms with Crippen molar-refractivity contribution in [3.8, 4) is 0 Å². The van der Waals surface area contributed by atoms with Gasteiger partial charge in [-0.3, -0.25) is 5.10 Å². The molecule has 2 aromatic heterocycles. The standard InChI is InChI=1S/C24H27N7/c1-30-11-13-31(14-12-30)23-16-21-19(15-22(23)27-17-24-25-9-10-26-24)20(28-29-21)8-7-18-5-3-2-4-6-18/h2-10,15-16,27H,11-14,17H2,1H3,(H,25,26)(H,28,29)/b8-7+. The fourth-order valence-corrected chi connectivity index (χ4v) is 3.96. The molecule has 0 saturated carbocycles. The fraction of sp³-hybridized carbons (Fsp3) is 0.250. The summed E-state index contributed by atoms with van der Waals surface area (Å²) in [4.78, 5) is 12.3. The summed E-state index contributed by atoms with van der Waals surface area (Å²) in [5, 5.41) is 12.5. The van der Waals surface area contributed by atoms with Crippen LogP contribution in [0.5, 0.6) is 0 Å². The van der Waals surface area contributed by atoms with Gasteiger partial charge >= 0.3 is 0 Å². The van der Waals surface area contributed by atoms with E-state index in [0.717, 1.165) is 59.9 Å². The van der Waals surface area contributed by atoms with Crippen molar-refractivity contribution in [3.05, 3.63) is 71.9 Å². The topological polar surface area (TPSA) is 75.9 Å². The quantitative estimate of drug-likeness (QED) is 0.448. The number of imidazole rings is 1. The highest BCUT2D eigenvalue weighted by Gasteiger charge is 2.19. The lowest BCUT2D eigenvalue weighted by molar-refractivity contribution is 0.313. The van der Waals surface area contributed by atoms with Gasteiger partial charge in [-0.1, -0.05) is 36.4 Å². The molecular weight excluding hydrogens is 386 g/mol. The maximum atomic E-state index is 4.57. The van der Waals surface area contributed by atoms with E-state index in [1.807, 2.05) is 24.4 Å². The average Bonchev–Trinajstić information content (AvgIpc) is 3.46. The summed E-state index contributed by atoms with van der Waals surface area (Å²) in [7, 11) is 2.18. The SMILES string of the molecule is CN1CCN(c2cc3[nH]nc(/C=C/c4ccccc4)c3cc2NCc2ncc[nH]2)CC1. The van der Waals surface area contributed by atoms with Gasteiger partial charge in [-0.15, -0.1) is 0 Å². The van der Waals surface area contributed by atoms with Crippen LogP contribution in [0.4, 0.5) is 11.4 Å². The van der Waals surface area contributed by atoms with Crippen molar-refractivity contribution >= 4 is 34.4 Å². The van der Waals surface area contributed by atoms with E-state index in [4.69, 9.17) is 0 Å². The summed E-state index contributed by atoms with van der Waals surface area (Å²) >= 11 is 0. The molecule has 0 aliphatic carbocycles. The number of fused-ring (bicyclic) bond motifs is 1. The van der Waals surface area contributed by atoms with Crippen molar-refractivity contribution in [1.29, 1.82) is 0 Å². The third kappa shape index (κ3) is 4.32. The molecule has 3 N–H and O–H groups in total. The molecule has 158 valence electrons. The molecule has 2 aromatic carbocycles. The van der Waals surface area contributed by atoms with Crippen LogP contribution in [0, 0.1) is 0 Å². The number of anilines is 2. The Morgan fingerprint density at radius 1 is 1.06 bits per heavy atom. The largest absolute Gasteiger partial charge is 0.376 e. The van der Waals surface area contributed by atoms with E-state index in [0.29, 0.717) is 6.54 Å². The van der Waals surface area contributed by atoms with Crippen LogP contribution in [0.2, 0.25) is 0 Å². The van der Waals surface area contributed by atoms with Crippen molar-refractivity contribution in [2.75, 3.05) is 43.4 Å². The zero-order valence-corrected chi connectivity index (χ0v) is 17.7. The van der Waals surface area contributed by atoms with Crippen LogP contribution in [0.25, 0.3) is 23.1 Å². The van der Waals surface area contributed by atoms with E-state index in [2.05, 4.69) is 78.7 Å². The summed E-state index contributed by atoms with van der Waals surface area (Å²) in [6.45, 7) is 4.78. The van der Waals surface area contributed by atoms with Crippen LogP contribution in [-0.4, -0.2) is 58.3 Å². The van der Waals surface area contributed by atoms with Gasteiger partial charge in [0.25, 0.3) is 0 Å². The number of benzene rings is 2. The van der Waals surface area contributed by atoms with Crippen molar-refractivity contribution in [2.24, 2.45) is 0 Å². The van der Waals surface area contributed by atoms with Gasteiger partial charge in [0.2, 0.25) is 0 Å². The Bertz CT molecular complexity index is 1150. The molecule has 1 fully saturated rings. The first-order valence-corrected chi connectivity index (χ1v) is 10.7. The smallest absolute Gasteiger partial charge is 0.125 e. The minimum atomic E-state index is 0.645. The zero-order valence-electron chi connectivity index (χ0n) is 17.7. The third-order valence-corrected chi connectivity index (χ3v) is 5.79. The predicted molar refractivity (Wildman–Crippen MR) is 127 cm³/mol. The number of aromatic amines is 2. The fourth-order valence-electron chi connectivity index (χ4n) is 3.96. The molecule has 1 saturated heterocycles. The van der Waals surface area contributed by atoms with Crippen LogP contribution >= 0.6 is 0 Å². The van der Waals surface area contributed by atoms with Crippen molar-refractivity contribution in [1.82, 2.24) is 25.1 Å². The summed E-state index contributed by atoms with van der Waals surface area (Å²) in [5.74, 6) is 0.917. The summed E-state index contributed by atoms with van der Waals surface area (Å²) < 4.78 is 0. The summed E-state index contributed by atoms with van der Waals surface area (Å²) in [5.41, 5.74) is 5.44. The Balaban J connectivity index is 1.49. The molecule has 5 rings (SSSR count). The second kappa shape index (κ2) is 8.65. The molecule has 7 heteroatoms. The van der Waals surface area contributed by atoms with Crippen molar-refractivity contribution in [3.63, 3.8) is 0 Å². The van der Waals surface area contributed by atoms with Gasteiger partial charge in [-0.2, -0.15) is 5.10 Å². The molecule has 1 aliphatic heterocycles. The third-order valence-electron chi connectivity index (χ3n) is 5.79. The molecule has 3 heterocycles. The number of H-pyrrole nitrogens is 2. The Morgan fingerprint density at radius 3 is 2.68 bits per heavy atom. The van der Waals surface area contributed by atoms with Gasteiger partial charge in [-0.05, 0) is 30.8 Å². The van der Waals surface area contributed by atoms with Gasteiger partial charge in [-0.25, -0.2) is 4.98 Å². The van der Waals surface area contributed by atoms with Gasteiger partial charge < -0.3 is 20.1 Å². The van der Waals surface area contributed by atoms with E-state index in [1.54, 1.807) is 6.20 Å². The molecule has 4 aromatic rings. The maximum absolute atomic E-state index is 4.57. The van der Waals surface area contributed by atoms with Crippen LogP contribution in [-0.2, 0) is 6.54 Å². The highest BCUT2D eigenvalue weighted by atomic mass is 15.3. The maximum Gasteiger partial charge on any atom is 0.125 e. The molecule has 7 nitrogen and oxygen atoms in total. The number of rotatable bonds is 6.